The minimum Gasteiger partial charge on any atom is -0.494 e. The van der Waals surface area contributed by atoms with Crippen LogP contribution in [0.3, 0.4) is 0 Å². The number of carbonyl (C=O) groups is 2. The summed E-state index contributed by atoms with van der Waals surface area (Å²) in [6.45, 7) is 1.99. The van der Waals surface area contributed by atoms with Crippen LogP contribution in [0, 0.1) is 5.82 Å². The second-order valence-electron chi connectivity index (χ2n) is 11.9. The molecule has 0 radical (unpaired) electrons. The van der Waals surface area contributed by atoms with Crippen molar-refractivity contribution in [2.24, 2.45) is 0 Å². The maximum absolute atomic E-state index is 15.6. The average Bonchev–Trinajstić information content (AvgIpc) is 3.73. The molecule has 49 heavy (non-hydrogen) atoms. The lowest BCUT2D eigenvalue weighted by Gasteiger charge is -2.17. The highest BCUT2D eigenvalue weighted by atomic mass is 35.5. The molecule has 3 aromatic heterocycles. The Morgan fingerprint density at radius 3 is 2.20 bits per heavy atom. The number of halogens is 2. The number of nitrogens with zero attached hydrogens (tertiary/aromatic N) is 3. The van der Waals surface area contributed by atoms with E-state index in [9.17, 15) is 9.59 Å². The number of pyridine rings is 3. The fourth-order valence-corrected chi connectivity index (χ4v) is 6.37. The Kier molecular flexibility index (Phi) is 10.8. The van der Waals surface area contributed by atoms with Crippen LogP contribution in [-0.4, -0.2) is 66.2 Å². The van der Waals surface area contributed by atoms with Crippen molar-refractivity contribution >= 4 is 34.9 Å². The first-order valence-corrected chi connectivity index (χ1v) is 16.5. The number of aromatic nitrogens is 3. The molecule has 1 aromatic carbocycles. The highest BCUT2D eigenvalue weighted by Gasteiger charge is 2.23. The van der Waals surface area contributed by atoms with Gasteiger partial charge in [-0.2, -0.15) is 0 Å². The van der Waals surface area contributed by atoms with Crippen molar-refractivity contribution in [2.45, 2.75) is 50.9 Å². The van der Waals surface area contributed by atoms with Crippen molar-refractivity contribution in [2.75, 3.05) is 32.6 Å². The zero-order valence-corrected chi connectivity index (χ0v) is 28.0. The van der Waals surface area contributed by atoms with Gasteiger partial charge in [0.2, 0.25) is 17.7 Å². The Morgan fingerprint density at radius 1 is 0.857 bits per heavy atom. The van der Waals surface area contributed by atoms with Gasteiger partial charge in [0.05, 0.1) is 36.3 Å². The predicted molar refractivity (Wildman–Crippen MR) is 184 cm³/mol. The van der Waals surface area contributed by atoms with Gasteiger partial charge in [-0.3, -0.25) is 14.6 Å². The van der Waals surface area contributed by atoms with Crippen molar-refractivity contribution in [3.05, 3.63) is 76.8 Å². The first kappa shape index (κ1) is 34.0. The van der Waals surface area contributed by atoms with Crippen molar-refractivity contribution in [1.29, 1.82) is 0 Å². The van der Waals surface area contributed by atoms with E-state index < -0.39 is 5.82 Å². The van der Waals surface area contributed by atoms with E-state index in [0.29, 0.717) is 82.9 Å². The third-order valence-corrected chi connectivity index (χ3v) is 8.96. The number of benzene rings is 1. The molecule has 2 fully saturated rings. The Labute approximate surface area is 288 Å². The number of ether oxygens (including phenoxy) is 2. The van der Waals surface area contributed by atoms with Gasteiger partial charge in [-0.15, -0.1) is 0 Å². The zero-order valence-electron chi connectivity index (χ0n) is 27.2. The van der Waals surface area contributed by atoms with E-state index in [4.69, 9.17) is 26.1 Å². The molecular weight excluding hydrogens is 651 g/mol. The third-order valence-electron chi connectivity index (χ3n) is 8.58. The summed E-state index contributed by atoms with van der Waals surface area (Å²) < 4.78 is 27.0. The molecule has 2 unspecified atom stereocenters. The van der Waals surface area contributed by atoms with Crippen molar-refractivity contribution in [3.8, 4) is 34.1 Å². The lowest BCUT2D eigenvalue weighted by molar-refractivity contribution is -0.120. The van der Waals surface area contributed by atoms with Gasteiger partial charge < -0.3 is 36.1 Å². The topological polar surface area (TPSA) is 151 Å². The third kappa shape index (κ3) is 7.90. The Hall–Kier alpha value is -4.85. The first-order chi connectivity index (χ1) is 23.8. The molecule has 12 nitrogen and oxygen atoms in total. The van der Waals surface area contributed by atoms with Crippen LogP contribution in [0.5, 0.6) is 11.6 Å². The molecule has 2 amide bonds. The number of rotatable bonds is 14. The minimum atomic E-state index is -0.500. The lowest BCUT2D eigenvalue weighted by atomic mass is 10.0. The average molecular weight is 689 g/mol. The number of hydrogen-bond donors (Lipinski definition) is 5. The molecular formula is C35H38ClFN8O4. The molecule has 0 aliphatic carbocycles. The summed E-state index contributed by atoms with van der Waals surface area (Å²) in [5, 5.41) is 15.9. The number of para-hydroxylation sites is 1. The SMILES string of the molecule is COc1nc(-c2ccnc(-c3cccc(Nc4nccc(CNCC5CCC(=O)N5)c4F)c3OC)c2Cl)ccc1CNCC1CCC(=O)N1. The standard InChI is InChI=1S/C35H38ClFN8O4/c1-48-33-25(4-3-5-27(33)44-34-31(37)20(12-14-41-34)16-38-18-22-7-10-28(46)42-22)32-30(36)24(13-15-40-32)26-9-6-21(35(45-26)49-2)17-39-19-23-8-11-29(47)43-23/h3-6,9,12-15,22-23,38-39H,7-8,10-11,16-19H2,1-2H3,(H,41,44)(H,42,46)(H,43,47). The number of methoxy groups -OCH3 is 2. The van der Waals surface area contributed by atoms with Crippen molar-refractivity contribution < 1.29 is 23.5 Å². The Balaban J connectivity index is 1.20. The summed E-state index contributed by atoms with van der Waals surface area (Å²) in [7, 11) is 3.09. The quantitative estimate of drug-likeness (QED) is 0.128. The van der Waals surface area contributed by atoms with E-state index in [0.717, 1.165) is 18.4 Å². The first-order valence-electron chi connectivity index (χ1n) is 16.1. The van der Waals surface area contributed by atoms with E-state index in [1.165, 1.54) is 13.3 Å². The van der Waals surface area contributed by atoms with E-state index in [1.807, 2.05) is 18.2 Å². The fourth-order valence-electron chi connectivity index (χ4n) is 6.06. The molecule has 4 aromatic rings. The summed E-state index contributed by atoms with van der Waals surface area (Å²) in [5.74, 6) is 0.516. The molecule has 14 heteroatoms. The largest absolute Gasteiger partial charge is 0.494 e. The number of nitrogens with one attached hydrogen (secondary N) is 5. The van der Waals surface area contributed by atoms with Gasteiger partial charge >= 0.3 is 0 Å². The van der Waals surface area contributed by atoms with Gasteiger partial charge in [0, 0.05) is 85.8 Å². The van der Waals surface area contributed by atoms with E-state index in [-0.39, 0.29) is 36.3 Å². The van der Waals surface area contributed by atoms with E-state index in [1.54, 1.807) is 37.6 Å². The molecule has 2 saturated heterocycles. The van der Waals surface area contributed by atoms with Gasteiger partial charge in [-0.05, 0) is 43.2 Å². The summed E-state index contributed by atoms with van der Waals surface area (Å²) in [6, 6.07) is 12.7. The van der Waals surface area contributed by atoms with Crippen LogP contribution in [0.4, 0.5) is 15.9 Å². The highest BCUT2D eigenvalue weighted by molar-refractivity contribution is 6.35. The predicted octanol–water partition coefficient (Wildman–Crippen LogP) is 4.50. The van der Waals surface area contributed by atoms with Crippen LogP contribution in [0.2, 0.25) is 5.02 Å². The fraction of sp³-hybridized carbons (Fsp3) is 0.343. The zero-order chi connectivity index (χ0) is 34.3. The van der Waals surface area contributed by atoms with Gasteiger partial charge in [0.1, 0.15) is 0 Å². The Bertz CT molecular complexity index is 1840. The number of anilines is 2. The second-order valence-corrected chi connectivity index (χ2v) is 12.3. The van der Waals surface area contributed by atoms with Crippen LogP contribution >= 0.6 is 11.6 Å². The van der Waals surface area contributed by atoms with Crippen LogP contribution in [-0.2, 0) is 22.7 Å². The molecule has 5 N–H and O–H groups in total. The highest BCUT2D eigenvalue weighted by Crippen LogP contribution is 2.42. The summed E-state index contributed by atoms with van der Waals surface area (Å²) in [6.07, 6.45) is 5.82. The van der Waals surface area contributed by atoms with Crippen LogP contribution in [0.25, 0.3) is 22.5 Å². The van der Waals surface area contributed by atoms with Gasteiger partial charge in [-0.25, -0.2) is 14.4 Å². The number of hydrogen-bond acceptors (Lipinski definition) is 10. The smallest absolute Gasteiger partial charge is 0.220 e. The molecule has 6 rings (SSSR count). The van der Waals surface area contributed by atoms with Gasteiger partial charge in [-0.1, -0.05) is 23.7 Å². The normalized spacial score (nSPS) is 17.1. The maximum Gasteiger partial charge on any atom is 0.220 e. The van der Waals surface area contributed by atoms with Crippen molar-refractivity contribution in [1.82, 2.24) is 36.2 Å². The lowest BCUT2D eigenvalue weighted by Crippen LogP contribution is -2.35. The van der Waals surface area contributed by atoms with Gasteiger partial charge in [0.15, 0.2) is 17.4 Å². The number of carbonyl (C=O) groups excluding carboxylic acids is 2. The second kappa shape index (κ2) is 15.6. The molecule has 2 aliphatic heterocycles. The molecule has 5 heterocycles. The summed E-state index contributed by atoms with van der Waals surface area (Å²) >= 11 is 7.00. The van der Waals surface area contributed by atoms with Crippen LogP contribution in [0.15, 0.2) is 54.9 Å². The summed E-state index contributed by atoms with van der Waals surface area (Å²) in [4.78, 5) is 36.5. The minimum absolute atomic E-state index is 0.0376. The molecule has 2 aliphatic rings. The van der Waals surface area contributed by atoms with Gasteiger partial charge in [0.25, 0.3) is 0 Å². The van der Waals surface area contributed by atoms with Crippen LogP contribution in [0.1, 0.15) is 36.8 Å². The summed E-state index contributed by atoms with van der Waals surface area (Å²) in [5.41, 5.74) is 4.05. The maximum atomic E-state index is 15.6. The van der Waals surface area contributed by atoms with E-state index >= 15 is 4.39 Å². The molecule has 0 saturated carbocycles. The van der Waals surface area contributed by atoms with E-state index in [2.05, 4.69) is 36.6 Å². The van der Waals surface area contributed by atoms with Crippen molar-refractivity contribution in [3.63, 3.8) is 0 Å². The monoisotopic (exact) mass is 688 g/mol. The molecule has 0 spiro atoms. The molecule has 0 bridgehead atoms. The number of amides is 2. The molecule has 2 atom stereocenters. The molecule has 256 valence electrons. The Morgan fingerprint density at radius 2 is 1.55 bits per heavy atom. The van der Waals surface area contributed by atoms with Crippen LogP contribution < -0.4 is 36.1 Å².